The first kappa shape index (κ1) is 19.5. The van der Waals surface area contributed by atoms with E-state index in [1.807, 2.05) is 19.1 Å². The molecule has 1 fully saturated rings. The van der Waals surface area contributed by atoms with E-state index in [1.54, 1.807) is 11.8 Å². The largest absolute Gasteiger partial charge is 0.496 e. The second-order valence-electron chi connectivity index (χ2n) is 7.33. The Bertz CT molecular complexity index is 926. The molecule has 0 radical (unpaired) electrons. The molecule has 7 heteroatoms. The third-order valence-corrected chi connectivity index (χ3v) is 5.53. The minimum absolute atomic E-state index is 0.310. The van der Waals surface area contributed by atoms with Crippen LogP contribution in [0.25, 0.3) is 5.69 Å². The topological polar surface area (TPSA) is 76.9 Å². The molecule has 2 heterocycles. The Morgan fingerprint density at radius 1 is 1.21 bits per heavy atom. The maximum Gasteiger partial charge on any atom is 0.156 e. The molecule has 0 aliphatic carbocycles. The van der Waals surface area contributed by atoms with Gasteiger partial charge in [0.1, 0.15) is 5.75 Å². The SMILES string of the molecule is CCc1nnnn1-c1ccc(OC)c(CN[C@@H]2CCCN[C@@H]2c2ccccc2)c1. The van der Waals surface area contributed by atoms with Crippen molar-refractivity contribution >= 4 is 0 Å². The predicted octanol–water partition coefficient (Wildman–Crippen LogP) is 2.82. The van der Waals surface area contributed by atoms with Crippen molar-refractivity contribution in [3.05, 3.63) is 65.5 Å². The van der Waals surface area contributed by atoms with E-state index in [0.717, 1.165) is 48.8 Å². The number of aryl methyl sites for hydroxylation is 1. The Morgan fingerprint density at radius 3 is 2.86 bits per heavy atom. The number of tetrazole rings is 1. The number of methoxy groups -OCH3 is 1. The number of ether oxygens (including phenoxy) is 1. The van der Waals surface area contributed by atoms with Gasteiger partial charge in [-0.25, -0.2) is 0 Å². The predicted molar refractivity (Wildman–Crippen MR) is 112 cm³/mol. The molecule has 1 aromatic heterocycles. The molecule has 1 saturated heterocycles. The molecule has 0 unspecified atom stereocenters. The van der Waals surface area contributed by atoms with Gasteiger partial charge < -0.3 is 15.4 Å². The summed E-state index contributed by atoms with van der Waals surface area (Å²) in [7, 11) is 1.71. The highest BCUT2D eigenvalue weighted by Gasteiger charge is 2.25. The molecule has 7 nitrogen and oxygen atoms in total. The van der Waals surface area contributed by atoms with Gasteiger partial charge >= 0.3 is 0 Å². The van der Waals surface area contributed by atoms with Gasteiger partial charge in [0.25, 0.3) is 0 Å². The van der Waals surface area contributed by atoms with Gasteiger partial charge in [0, 0.05) is 30.6 Å². The number of aromatic nitrogens is 4. The van der Waals surface area contributed by atoms with Crippen LogP contribution in [0.4, 0.5) is 0 Å². The number of piperidine rings is 1. The van der Waals surface area contributed by atoms with Gasteiger partial charge in [-0.1, -0.05) is 37.3 Å². The van der Waals surface area contributed by atoms with E-state index < -0.39 is 0 Å². The second kappa shape index (κ2) is 9.15. The van der Waals surface area contributed by atoms with Crippen LogP contribution in [0, 0.1) is 0 Å². The van der Waals surface area contributed by atoms with Crippen LogP contribution in [0.2, 0.25) is 0 Å². The fourth-order valence-electron chi connectivity index (χ4n) is 4.02. The van der Waals surface area contributed by atoms with Gasteiger partial charge in [0.2, 0.25) is 0 Å². The zero-order valence-electron chi connectivity index (χ0n) is 17.0. The highest BCUT2D eigenvalue weighted by Crippen LogP contribution is 2.26. The fraction of sp³-hybridized carbons (Fsp3) is 0.409. The van der Waals surface area contributed by atoms with E-state index >= 15 is 0 Å². The molecule has 0 spiro atoms. The molecule has 2 aromatic carbocycles. The van der Waals surface area contributed by atoms with Crippen molar-refractivity contribution in [3.63, 3.8) is 0 Å². The second-order valence-corrected chi connectivity index (χ2v) is 7.33. The summed E-state index contributed by atoms with van der Waals surface area (Å²) >= 11 is 0. The summed E-state index contributed by atoms with van der Waals surface area (Å²) in [5, 5.41) is 19.5. The number of rotatable bonds is 7. The quantitative estimate of drug-likeness (QED) is 0.644. The summed E-state index contributed by atoms with van der Waals surface area (Å²) in [6, 6.07) is 17.4. The monoisotopic (exact) mass is 392 g/mol. The molecule has 0 amide bonds. The highest BCUT2D eigenvalue weighted by molar-refractivity contribution is 5.44. The summed E-state index contributed by atoms with van der Waals surface area (Å²) in [4.78, 5) is 0. The van der Waals surface area contributed by atoms with Crippen LogP contribution in [-0.2, 0) is 13.0 Å². The number of hydrogen-bond donors (Lipinski definition) is 2. The lowest BCUT2D eigenvalue weighted by Crippen LogP contribution is -2.45. The van der Waals surface area contributed by atoms with Gasteiger partial charge in [-0.15, -0.1) is 5.10 Å². The van der Waals surface area contributed by atoms with Crippen LogP contribution >= 0.6 is 0 Å². The van der Waals surface area contributed by atoms with Gasteiger partial charge in [0.05, 0.1) is 12.8 Å². The molecule has 3 aromatic rings. The van der Waals surface area contributed by atoms with Gasteiger partial charge in [-0.3, -0.25) is 0 Å². The van der Waals surface area contributed by atoms with Crippen molar-refractivity contribution in [2.75, 3.05) is 13.7 Å². The standard InChI is InChI=1S/C22H28N6O/c1-3-21-25-26-27-28(21)18-11-12-20(29-2)17(14-18)15-24-19-10-7-13-23-22(19)16-8-5-4-6-9-16/h4-6,8-9,11-12,14,19,22-24H,3,7,10,13,15H2,1-2H3/t19-,22-/m1/s1. The van der Waals surface area contributed by atoms with E-state index in [9.17, 15) is 0 Å². The fourth-order valence-corrected chi connectivity index (χ4v) is 4.02. The van der Waals surface area contributed by atoms with Gasteiger partial charge in [-0.05, 0) is 53.6 Å². The minimum atomic E-state index is 0.310. The van der Waals surface area contributed by atoms with Crippen LogP contribution in [0.1, 0.15) is 42.8 Å². The van der Waals surface area contributed by atoms with Crippen LogP contribution in [0.5, 0.6) is 5.75 Å². The molecule has 0 bridgehead atoms. The number of nitrogens with zero attached hydrogens (tertiary/aromatic N) is 4. The number of benzene rings is 2. The van der Waals surface area contributed by atoms with Crippen molar-refractivity contribution < 1.29 is 4.74 Å². The van der Waals surface area contributed by atoms with Crippen molar-refractivity contribution in [2.45, 2.75) is 44.8 Å². The lowest BCUT2D eigenvalue weighted by Gasteiger charge is -2.34. The molecule has 29 heavy (non-hydrogen) atoms. The number of hydrogen-bond acceptors (Lipinski definition) is 6. The molecule has 4 rings (SSSR count). The molecular weight excluding hydrogens is 364 g/mol. The average Bonchev–Trinajstić information content (AvgIpc) is 3.27. The lowest BCUT2D eigenvalue weighted by atomic mass is 9.92. The molecule has 152 valence electrons. The highest BCUT2D eigenvalue weighted by atomic mass is 16.5. The van der Waals surface area contributed by atoms with E-state index in [2.05, 4.69) is 62.6 Å². The van der Waals surface area contributed by atoms with E-state index in [0.29, 0.717) is 12.1 Å². The molecule has 2 N–H and O–H groups in total. The average molecular weight is 393 g/mol. The summed E-state index contributed by atoms with van der Waals surface area (Å²) in [5.74, 6) is 1.71. The number of nitrogens with one attached hydrogen (secondary N) is 2. The molecule has 1 aliphatic heterocycles. The lowest BCUT2D eigenvalue weighted by molar-refractivity contribution is 0.303. The first-order chi connectivity index (χ1) is 14.3. The maximum absolute atomic E-state index is 5.61. The van der Waals surface area contributed by atoms with Crippen molar-refractivity contribution in [1.82, 2.24) is 30.8 Å². The Hall–Kier alpha value is -2.77. The van der Waals surface area contributed by atoms with Crippen molar-refractivity contribution in [3.8, 4) is 11.4 Å². The molecule has 0 saturated carbocycles. The van der Waals surface area contributed by atoms with Gasteiger partial charge in [0.15, 0.2) is 5.82 Å². The summed E-state index contributed by atoms with van der Waals surface area (Å²) in [6.45, 7) is 3.82. The van der Waals surface area contributed by atoms with Crippen LogP contribution in [0.3, 0.4) is 0 Å². The third-order valence-electron chi connectivity index (χ3n) is 5.53. The van der Waals surface area contributed by atoms with Gasteiger partial charge in [-0.2, -0.15) is 4.68 Å². The zero-order chi connectivity index (χ0) is 20.1. The Balaban J connectivity index is 1.54. The Labute approximate surface area is 171 Å². The van der Waals surface area contributed by atoms with Crippen LogP contribution in [0.15, 0.2) is 48.5 Å². The Morgan fingerprint density at radius 2 is 2.07 bits per heavy atom. The summed E-state index contributed by atoms with van der Waals surface area (Å²) in [5.41, 5.74) is 3.37. The van der Waals surface area contributed by atoms with E-state index in [-0.39, 0.29) is 0 Å². The molecular formula is C22H28N6O. The van der Waals surface area contributed by atoms with Crippen LogP contribution in [-0.4, -0.2) is 39.9 Å². The first-order valence-corrected chi connectivity index (χ1v) is 10.3. The normalized spacial score (nSPS) is 19.2. The zero-order valence-corrected chi connectivity index (χ0v) is 17.0. The van der Waals surface area contributed by atoms with Crippen molar-refractivity contribution in [2.24, 2.45) is 0 Å². The van der Waals surface area contributed by atoms with E-state index in [1.165, 1.54) is 12.0 Å². The van der Waals surface area contributed by atoms with Crippen LogP contribution < -0.4 is 15.4 Å². The third kappa shape index (κ3) is 4.31. The minimum Gasteiger partial charge on any atom is -0.496 e. The van der Waals surface area contributed by atoms with Crippen molar-refractivity contribution in [1.29, 1.82) is 0 Å². The maximum atomic E-state index is 5.61. The molecule has 2 atom stereocenters. The van der Waals surface area contributed by atoms with E-state index in [4.69, 9.17) is 4.74 Å². The first-order valence-electron chi connectivity index (χ1n) is 10.3. The Kier molecular flexibility index (Phi) is 6.17. The smallest absolute Gasteiger partial charge is 0.156 e. The summed E-state index contributed by atoms with van der Waals surface area (Å²) < 4.78 is 7.40. The molecule has 1 aliphatic rings. The summed E-state index contributed by atoms with van der Waals surface area (Å²) in [6.07, 6.45) is 3.09.